The van der Waals surface area contributed by atoms with Gasteiger partial charge in [-0.1, -0.05) is 48.0 Å². The second kappa shape index (κ2) is 10.1. The molecule has 0 radical (unpaired) electrons. The molecule has 168 valence electrons. The summed E-state index contributed by atoms with van der Waals surface area (Å²) in [5.41, 5.74) is 1.91. The van der Waals surface area contributed by atoms with Crippen molar-refractivity contribution >= 4 is 44.9 Å². The van der Waals surface area contributed by atoms with Crippen molar-refractivity contribution in [2.24, 2.45) is 0 Å². The second-order valence-electron chi connectivity index (χ2n) is 7.17. The van der Waals surface area contributed by atoms with Gasteiger partial charge in [-0.25, -0.2) is 8.42 Å². The van der Waals surface area contributed by atoms with Gasteiger partial charge in [0.25, 0.3) is 11.1 Å². The number of nitrogens with one attached hydrogen (secondary N) is 1. The van der Waals surface area contributed by atoms with E-state index >= 15 is 0 Å². The lowest BCUT2D eigenvalue weighted by Gasteiger charge is -2.17. The first-order chi connectivity index (χ1) is 15.2. The molecular weight excluding hydrogens is 450 g/mol. The summed E-state index contributed by atoms with van der Waals surface area (Å²) in [5.74, 6) is -0.951. The van der Waals surface area contributed by atoms with E-state index in [2.05, 4.69) is 5.32 Å². The van der Waals surface area contributed by atoms with E-state index in [-0.39, 0.29) is 24.5 Å². The molecule has 0 aliphatic carbocycles. The summed E-state index contributed by atoms with van der Waals surface area (Å²) in [5, 5.41) is 2.15. The van der Waals surface area contributed by atoms with Gasteiger partial charge in [-0.15, -0.1) is 0 Å². The number of hydrogen-bond donors (Lipinski definition) is 1. The molecule has 1 heterocycles. The van der Waals surface area contributed by atoms with Gasteiger partial charge in [0.05, 0.1) is 16.3 Å². The highest BCUT2D eigenvalue weighted by Gasteiger charge is 2.34. The molecule has 1 N–H and O–H groups in total. The third-order valence-corrected chi connectivity index (χ3v) is 7.45. The van der Waals surface area contributed by atoms with Crippen molar-refractivity contribution in [3.05, 3.63) is 70.6 Å². The van der Waals surface area contributed by atoms with Crippen LogP contribution in [0, 0.1) is 6.92 Å². The molecule has 1 aliphatic heterocycles. The van der Waals surface area contributed by atoms with Crippen LogP contribution in [-0.4, -0.2) is 61.4 Å². The molecule has 1 aliphatic rings. The molecule has 3 amide bonds. The molecule has 0 aromatic heterocycles. The third kappa shape index (κ3) is 5.64. The first kappa shape index (κ1) is 23.7. The largest absolute Gasteiger partial charge is 0.353 e. The van der Waals surface area contributed by atoms with Gasteiger partial charge in [0.2, 0.25) is 15.9 Å². The van der Waals surface area contributed by atoms with Gasteiger partial charge >= 0.3 is 0 Å². The van der Waals surface area contributed by atoms with Crippen molar-refractivity contribution < 1.29 is 22.8 Å². The van der Waals surface area contributed by atoms with Gasteiger partial charge in [0.1, 0.15) is 0 Å². The molecule has 2 aromatic carbocycles. The van der Waals surface area contributed by atoms with Gasteiger partial charge < -0.3 is 5.32 Å². The summed E-state index contributed by atoms with van der Waals surface area (Å²) >= 11 is 0.850. The van der Waals surface area contributed by atoms with Crippen LogP contribution in [0.5, 0.6) is 0 Å². The molecule has 8 nitrogen and oxygen atoms in total. The maximum Gasteiger partial charge on any atom is 0.293 e. The zero-order chi connectivity index (χ0) is 23.3. The summed E-state index contributed by atoms with van der Waals surface area (Å²) in [6.45, 7) is 1.60. The number of nitrogens with zero attached hydrogens (tertiary/aromatic N) is 2. The highest BCUT2D eigenvalue weighted by Crippen LogP contribution is 2.31. The molecule has 1 fully saturated rings. The van der Waals surface area contributed by atoms with Crippen LogP contribution in [0.4, 0.5) is 4.79 Å². The number of rotatable bonds is 8. The number of amides is 3. The van der Waals surface area contributed by atoms with E-state index in [4.69, 9.17) is 0 Å². The molecule has 0 saturated carbocycles. The SMILES string of the molecule is Cc1ccc(/C=C2\SC(=O)N(CCNC(=O)CN(C)S(=O)(=O)c3ccccc3)C2=O)cc1. The first-order valence-electron chi connectivity index (χ1n) is 9.78. The van der Waals surface area contributed by atoms with E-state index in [0.29, 0.717) is 4.91 Å². The molecule has 2 aromatic rings. The average Bonchev–Trinajstić information content (AvgIpc) is 3.03. The molecule has 1 saturated heterocycles. The number of carbonyl (C=O) groups excluding carboxylic acids is 3. The number of imide groups is 1. The molecule has 0 bridgehead atoms. The number of hydrogen-bond acceptors (Lipinski definition) is 6. The summed E-state index contributed by atoms with van der Waals surface area (Å²) in [7, 11) is -2.48. The Kier molecular flexibility index (Phi) is 7.49. The van der Waals surface area contributed by atoms with Gasteiger partial charge in [-0.3, -0.25) is 19.3 Å². The minimum absolute atomic E-state index is 0.00318. The Balaban J connectivity index is 1.52. The Hall–Kier alpha value is -2.95. The van der Waals surface area contributed by atoms with Crippen molar-refractivity contribution in [2.75, 3.05) is 26.7 Å². The quantitative estimate of drug-likeness (QED) is 0.591. The van der Waals surface area contributed by atoms with Crippen LogP contribution in [0.1, 0.15) is 11.1 Å². The van der Waals surface area contributed by atoms with Crippen LogP contribution in [0.25, 0.3) is 6.08 Å². The lowest BCUT2D eigenvalue weighted by Crippen LogP contribution is -2.42. The van der Waals surface area contributed by atoms with Crippen LogP contribution in [0.2, 0.25) is 0 Å². The van der Waals surface area contributed by atoms with E-state index in [1.807, 2.05) is 31.2 Å². The number of sulfonamides is 1. The van der Waals surface area contributed by atoms with Crippen molar-refractivity contribution in [2.45, 2.75) is 11.8 Å². The predicted octanol–water partition coefficient (Wildman–Crippen LogP) is 2.47. The van der Waals surface area contributed by atoms with E-state index in [1.54, 1.807) is 24.3 Å². The molecule has 10 heteroatoms. The lowest BCUT2D eigenvalue weighted by atomic mass is 10.1. The van der Waals surface area contributed by atoms with Crippen LogP contribution in [0.15, 0.2) is 64.4 Å². The molecular formula is C22H23N3O5S2. The Morgan fingerprint density at radius 1 is 1.09 bits per heavy atom. The minimum atomic E-state index is -3.79. The normalized spacial score (nSPS) is 15.6. The number of thioether (sulfide) groups is 1. The fourth-order valence-electron chi connectivity index (χ4n) is 2.93. The van der Waals surface area contributed by atoms with Crippen LogP contribution < -0.4 is 5.32 Å². The smallest absolute Gasteiger partial charge is 0.293 e. The minimum Gasteiger partial charge on any atom is -0.353 e. The summed E-state index contributed by atoms with van der Waals surface area (Å²) in [6.07, 6.45) is 1.66. The summed E-state index contributed by atoms with van der Waals surface area (Å²) in [4.78, 5) is 38.4. The lowest BCUT2D eigenvalue weighted by molar-refractivity contribution is -0.124. The highest BCUT2D eigenvalue weighted by atomic mass is 32.2. The first-order valence-corrected chi connectivity index (χ1v) is 12.0. The Bertz CT molecular complexity index is 1150. The van der Waals surface area contributed by atoms with E-state index in [9.17, 15) is 22.8 Å². The molecule has 0 unspecified atom stereocenters. The maximum absolute atomic E-state index is 12.5. The second-order valence-corrected chi connectivity index (χ2v) is 10.2. The predicted molar refractivity (Wildman–Crippen MR) is 123 cm³/mol. The summed E-state index contributed by atoms with van der Waals surface area (Å²) < 4.78 is 25.9. The number of benzene rings is 2. The van der Waals surface area contributed by atoms with E-state index < -0.39 is 27.1 Å². The molecule has 32 heavy (non-hydrogen) atoms. The molecule has 0 spiro atoms. The van der Waals surface area contributed by atoms with Crippen LogP contribution >= 0.6 is 11.8 Å². The monoisotopic (exact) mass is 473 g/mol. The number of carbonyl (C=O) groups is 3. The van der Waals surface area contributed by atoms with Gasteiger partial charge in [-0.2, -0.15) is 4.31 Å². The highest BCUT2D eigenvalue weighted by molar-refractivity contribution is 8.18. The molecule has 0 atom stereocenters. The Morgan fingerprint density at radius 2 is 1.75 bits per heavy atom. The van der Waals surface area contributed by atoms with Crippen molar-refractivity contribution in [1.82, 2.24) is 14.5 Å². The Morgan fingerprint density at radius 3 is 2.41 bits per heavy atom. The fourth-order valence-corrected chi connectivity index (χ4v) is 4.94. The average molecular weight is 474 g/mol. The van der Waals surface area contributed by atoms with E-state index in [0.717, 1.165) is 32.1 Å². The third-order valence-electron chi connectivity index (χ3n) is 4.72. The zero-order valence-electron chi connectivity index (χ0n) is 17.6. The fraction of sp³-hybridized carbons (Fsp3) is 0.227. The van der Waals surface area contributed by atoms with Crippen molar-refractivity contribution in [1.29, 1.82) is 0 Å². The number of aryl methyl sites for hydroxylation is 1. The molecule has 3 rings (SSSR count). The van der Waals surface area contributed by atoms with Crippen molar-refractivity contribution in [3.63, 3.8) is 0 Å². The summed E-state index contributed by atoms with van der Waals surface area (Å²) in [6, 6.07) is 15.4. The van der Waals surface area contributed by atoms with Gasteiger partial charge in [0.15, 0.2) is 0 Å². The van der Waals surface area contributed by atoms with Crippen LogP contribution in [-0.2, 0) is 19.6 Å². The van der Waals surface area contributed by atoms with Crippen molar-refractivity contribution in [3.8, 4) is 0 Å². The van der Waals surface area contributed by atoms with E-state index in [1.165, 1.54) is 19.2 Å². The topological polar surface area (TPSA) is 104 Å². The van der Waals surface area contributed by atoms with Crippen LogP contribution in [0.3, 0.4) is 0 Å². The standard InChI is InChI=1S/C22H23N3O5S2/c1-16-8-10-17(11-9-16)14-19-21(27)25(22(28)31-19)13-12-23-20(26)15-24(2)32(29,30)18-6-4-3-5-7-18/h3-11,14H,12-13,15H2,1-2H3,(H,23,26)/b19-14-. The van der Waals surface area contributed by atoms with Gasteiger partial charge in [0, 0.05) is 20.1 Å². The number of likely N-dealkylation sites (N-methyl/N-ethyl adjacent to an activating group) is 1. The maximum atomic E-state index is 12.5. The Labute approximate surface area is 191 Å². The zero-order valence-corrected chi connectivity index (χ0v) is 19.3. The van der Waals surface area contributed by atoms with Gasteiger partial charge in [-0.05, 0) is 42.5 Å².